The molecule has 0 aliphatic carbocycles. The molecule has 1 nitrogen and oxygen atoms in total. The molecule has 1 atom stereocenters. The fourth-order valence-corrected chi connectivity index (χ4v) is 1.52. The molecule has 0 fully saturated rings. The average molecular weight is 204 g/mol. The van der Waals surface area contributed by atoms with Crippen LogP contribution in [-0.2, 0) is 11.2 Å². The molecule has 0 aromatic heterocycles. The fraction of sp³-hybridized carbons (Fsp3) is 0.500. The molecule has 0 spiro atoms. The van der Waals surface area contributed by atoms with E-state index in [0.717, 1.165) is 12.0 Å². The topological polar surface area (TPSA) is 17.1 Å². The first-order valence-electron chi connectivity index (χ1n) is 5.63. The van der Waals surface area contributed by atoms with Gasteiger partial charge in [-0.25, -0.2) is 0 Å². The second-order valence-corrected chi connectivity index (χ2v) is 4.37. The Bertz CT molecular complexity index is 352. The van der Waals surface area contributed by atoms with Crippen LogP contribution in [0.4, 0.5) is 0 Å². The molecular formula is C14H20O. The van der Waals surface area contributed by atoms with Crippen LogP contribution in [0.1, 0.15) is 37.0 Å². The lowest BCUT2D eigenvalue weighted by Crippen LogP contribution is -2.12. The Kier molecular flexibility index (Phi) is 4.07. The molecule has 1 rings (SSSR count). The van der Waals surface area contributed by atoms with Crippen LogP contribution in [0.2, 0.25) is 0 Å². The van der Waals surface area contributed by atoms with E-state index in [-0.39, 0.29) is 5.92 Å². The minimum Gasteiger partial charge on any atom is -0.299 e. The molecule has 0 heterocycles. The number of carbonyl (C=O) groups is 1. The lowest BCUT2D eigenvalue weighted by atomic mass is 9.96. The van der Waals surface area contributed by atoms with E-state index < -0.39 is 0 Å². The van der Waals surface area contributed by atoms with Crippen molar-refractivity contribution in [2.24, 2.45) is 5.92 Å². The van der Waals surface area contributed by atoms with Crippen molar-refractivity contribution >= 4 is 5.78 Å². The first-order valence-corrected chi connectivity index (χ1v) is 5.63. The average Bonchev–Trinajstić information content (AvgIpc) is 2.22. The van der Waals surface area contributed by atoms with Gasteiger partial charge in [0, 0.05) is 12.3 Å². The molecule has 0 N–H and O–H groups in total. The Balaban J connectivity index is 2.73. The predicted octanol–water partition coefficient (Wildman–Crippen LogP) is 3.46. The summed E-state index contributed by atoms with van der Waals surface area (Å²) >= 11 is 0. The Morgan fingerprint density at radius 3 is 2.47 bits per heavy atom. The molecule has 1 aromatic carbocycles. The molecule has 1 heteroatoms. The monoisotopic (exact) mass is 204 g/mol. The van der Waals surface area contributed by atoms with E-state index in [1.54, 1.807) is 0 Å². The van der Waals surface area contributed by atoms with Gasteiger partial charge in [-0.15, -0.1) is 0 Å². The van der Waals surface area contributed by atoms with E-state index in [2.05, 4.69) is 39.0 Å². The van der Waals surface area contributed by atoms with Crippen molar-refractivity contribution in [1.82, 2.24) is 0 Å². The summed E-state index contributed by atoms with van der Waals surface area (Å²) in [7, 11) is 0. The molecular weight excluding hydrogens is 184 g/mol. The number of benzene rings is 1. The van der Waals surface area contributed by atoms with Crippen molar-refractivity contribution in [1.29, 1.82) is 0 Å². The van der Waals surface area contributed by atoms with Gasteiger partial charge in [-0.2, -0.15) is 0 Å². The summed E-state index contributed by atoms with van der Waals surface area (Å²) < 4.78 is 0. The molecule has 0 radical (unpaired) electrons. The standard InChI is InChI=1S/C14H20O/c1-5-10(2)14(15)9-13-7-6-11(3)12(4)8-13/h6-8,10H,5,9H2,1-4H3. The smallest absolute Gasteiger partial charge is 0.140 e. The van der Waals surface area contributed by atoms with Crippen LogP contribution in [0.5, 0.6) is 0 Å². The molecule has 0 amide bonds. The SMILES string of the molecule is CCC(C)C(=O)Cc1ccc(C)c(C)c1. The molecule has 0 saturated heterocycles. The van der Waals surface area contributed by atoms with Gasteiger partial charge in [0.2, 0.25) is 0 Å². The Morgan fingerprint density at radius 1 is 1.27 bits per heavy atom. The highest BCUT2D eigenvalue weighted by Crippen LogP contribution is 2.13. The first kappa shape index (κ1) is 12.0. The maximum Gasteiger partial charge on any atom is 0.140 e. The second kappa shape index (κ2) is 5.11. The Hall–Kier alpha value is -1.11. The molecule has 0 aliphatic rings. The number of carbonyl (C=O) groups excluding carboxylic acids is 1. The second-order valence-electron chi connectivity index (χ2n) is 4.37. The molecule has 0 saturated carbocycles. The van der Waals surface area contributed by atoms with Gasteiger partial charge < -0.3 is 0 Å². The van der Waals surface area contributed by atoms with Crippen LogP contribution in [-0.4, -0.2) is 5.78 Å². The van der Waals surface area contributed by atoms with Gasteiger partial charge in [0.1, 0.15) is 5.78 Å². The largest absolute Gasteiger partial charge is 0.299 e. The minimum atomic E-state index is 0.187. The van der Waals surface area contributed by atoms with Crippen LogP contribution in [0, 0.1) is 19.8 Å². The van der Waals surface area contributed by atoms with Crippen LogP contribution in [0.3, 0.4) is 0 Å². The zero-order chi connectivity index (χ0) is 11.4. The lowest BCUT2D eigenvalue weighted by Gasteiger charge is -2.08. The summed E-state index contributed by atoms with van der Waals surface area (Å²) in [5, 5.41) is 0. The van der Waals surface area contributed by atoms with Gasteiger partial charge in [0.05, 0.1) is 0 Å². The number of ketones is 1. The number of Topliss-reactive ketones (excluding diaryl/α,β-unsaturated/α-hetero) is 1. The van der Waals surface area contributed by atoms with Gasteiger partial charge in [0.15, 0.2) is 0 Å². The summed E-state index contributed by atoms with van der Waals surface area (Å²) in [5.74, 6) is 0.535. The van der Waals surface area contributed by atoms with Gasteiger partial charge in [-0.05, 0) is 37.0 Å². The zero-order valence-electron chi connectivity index (χ0n) is 10.1. The van der Waals surface area contributed by atoms with Gasteiger partial charge in [0.25, 0.3) is 0 Å². The highest BCUT2D eigenvalue weighted by atomic mass is 16.1. The number of rotatable bonds is 4. The Labute approximate surface area is 92.5 Å². The highest BCUT2D eigenvalue weighted by Gasteiger charge is 2.11. The summed E-state index contributed by atoms with van der Waals surface area (Å²) in [6.07, 6.45) is 1.51. The van der Waals surface area contributed by atoms with E-state index in [4.69, 9.17) is 0 Å². The predicted molar refractivity (Wildman–Crippen MR) is 64.1 cm³/mol. The quantitative estimate of drug-likeness (QED) is 0.734. The van der Waals surface area contributed by atoms with E-state index >= 15 is 0 Å². The summed E-state index contributed by atoms with van der Waals surface area (Å²) in [6, 6.07) is 6.27. The normalized spacial score (nSPS) is 12.5. The van der Waals surface area contributed by atoms with E-state index in [1.165, 1.54) is 11.1 Å². The van der Waals surface area contributed by atoms with Crippen molar-refractivity contribution in [3.05, 3.63) is 34.9 Å². The summed E-state index contributed by atoms with van der Waals surface area (Å²) in [6.45, 7) is 8.24. The maximum atomic E-state index is 11.7. The number of hydrogen-bond acceptors (Lipinski definition) is 1. The number of aryl methyl sites for hydroxylation is 2. The van der Waals surface area contributed by atoms with Crippen LogP contribution < -0.4 is 0 Å². The van der Waals surface area contributed by atoms with Gasteiger partial charge >= 0.3 is 0 Å². The minimum absolute atomic E-state index is 0.187. The molecule has 1 aromatic rings. The first-order chi connectivity index (χ1) is 7.04. The third kappa shape index (κ3) is 3.19. The van der Waals surface area contributed by atoms with Crippen molar-refractivity contribution in [2.75, 3.05) is 0 Å². The van der Waals surface area contributed by atoms with E-state index in [9.17, 15) is 4.79 Å². The maximum absolute atomic E-state index is 11.7. The third-order valence-corrected chi connectivity index (χ3v) is 3.11. The zero-order valence-corrected chi connectivity index (χ0v) is 10.1. The molecule has 1 unspecified atom stereocenters. The molecule has 0 aliphatic heterocycles. The third-order valence-electron chi connectivity index (χ3n) is 3.11. The summed E-state index contributed by atoms with van der Waals surface area (Å²) in [4.78, 5) is 11.7. The van der Waals surface area contributed by atoms with Crippen LogP contribution >= 0.6 is 0 Å². The summed E-state index contributed by atoms with van der Waals surface area (Å²) in [5.41, 5.74) is 3.70. The molecule has 82 valence electrons. The lowest BCUT2D eigenvalue weighted by molar-refractivity contribution is -0.121. The van der Waals surface area contributed by atoms with Crippen molar-refractivity contribution in [2.45, 2.75) is 40.5 Å². The van der Waals surface area contributed by atoms with Crippen molar-refractivity contribution in [3.8, 4) is 0 Å². The van der Waals surface area contributed by atoms with Gasteiger partial charge in [-0.1, -0.05) is 32.0 Å². The fourth-order valence-electron chi connectivity index (χ4n) is 1.52. The van der Waals surface area contributed by atoms with Gasteiger partial charge in [-0.3, -0.25) is 4.79 Å². The Morgan fingerprint density at radius 2 is 1.93 bits per heavy atom. The van der Waals surface area contributed by atoms with E-state index in [1.807, 2.05) is 6.92 Å². The van der Waals surface area contributed by atoms with Crippen LogP contribution in [0.15, 0.2) is 18.2 Å². The van der Waals surface area contributed by atoms with Crippen molar-refractivity contribution in [3.63, 3.8) is 0 Å². The molecule has 0 bridgehead atoms. The highest BCUT2D eigenvalue weighted by molar-refractivity contribution is 5.82. The van der Waals surface area contributed by atoms with Crippen LogP contribution in [0.25, 0.3) is 0 Å². The molecule has 15 heavy (non-hydrogen) atoms. The number of hydrogen-bond donors (Lipinski definition) is 0. The van der Waals surface area contributed by atoms with Crippen molar-refractivity contribution < 1.29 is 4.79 Å². The van der Waals surface area contributed by atoms with E-state index in [0.29, 0.717) is 12.2 Å².